The van der Waals surface area contributed by atoms with Gasteiger partial charge in [0.05, 0.1) is 11.5 Å². The quantitative estimate of drug-likeness (QED) is 0.635. The highest BCUT2D eigenvalue weighted by molar-refractivity contribution is 5.82. The number of carbonyl (C=O) groups excluding carboxylic acids is 1. The summed E-state index contributed by atoms with van der Waals surface area (Å²) in [6, 6.07) is 5.54. The van der Waals surface area contributed by atoms with Gasteiger partial charge >= 0.3 is 0 Å². The Balaban J connectivity index is 2.00. The van der Waals surface area contributed by atoms with Crippen LogP contribution >= 0.6 is 0 Å². The molecule has 2 rings (SSSR count). The maximum absolute atomic E-state index is 12.3. The number of aliphatic hydroxyl groups is 1. The van der Waals surface area contributed by atoms with E-state index in [4.69, 9.17) is 4.74 Å². The fourth-order valence-electron chi connectivity index (χ4n) is 2.58. The standard InChI is InChI=1S/C15H20N2O5/c1-2-22-10-11-6-7-16(9-11)15(19)14(18)12-4-3-5-13(8-12)17(20)21/h3-5,8,11,14,18H,2,6-7,9-10H2,1H3. The van der Waals surface area contributed by atoms with E-state index in [1.54, 1.807) is 4.90 Å². The molecule has 22 heavy (non-hydrogen) atoms. The molecule has 1 aromatic carbocycles. The highest BCUT2D eigenvalue weighted by Gasteiger charge is 2.31. The van der Waals surface area contributed by atoms with E-state index >= 15 is 0 Å². The van der Waals surface area contributed by atoms with Gasteiger partial charge in [0, 0.05) is 37.7 Å². The third-order valence-corrected chi connectivity index (χ3v) is 3.79. The van der Waals surface area contributed by atoms with Crippen LogP contribution in [0.4, 0.5) is 5.69 Å². The summed E-state index contributed by atoms with van der Waals surface area (Å²) >= 11 is 0. The van der Waals surface area contributed by atoms with Gasteiger partial charge in [-0.25, -0.2) is 0 Å². The van der Waals surface area contributed by atoms with E-state index in [1.165, 1.54) is 24.3 Å². The SMILES string of the molecule is CCOCC1CCN(C(=O)C(O)c2cccc([N+](=O)[O-])c2)C1. The number of aliphatic hydroxyl groups excluding tert-OH is 1. The number of hydrogen-bond acceptors (Lipinski definition) is 5. The Bertz CT molecular complexity index is 548. The molecule has 1 aliphatic heterocycles. The zero-order valence-corrected chi connectivity index (χ0v) is 12.5. The summed E-state index contributed by atoms with van der Waals surface area (Å²) in [7, 11) is 0. The molecule has 0 aliphatic carbocycles. The molecule has 0 saturated carbocycles. The van der Waals surface area contributed by atoms with Crippen molar-refractivity contribution < 1.29 is 19.6 Å². The Morgan fingerprint density at radius 3 is 3.05 bits per heavy atom. The maximum Gasteiger partial charge on any atom is 0.269 e. The zero-order chi connectivity index (χ0) is 16.1. The summed E-state index contributed by atoms with van der Waals surface area (Å²) in [5, 5.41) is 20.9. The van der Waals surface area contributed by atoms with Gasteiger partial charge < -0.3 is 14.7 Å². The van der Waals surface area contributed by atoms with Crippen molar-refractivity contribution in [1.82, 2.24) is 4.90 Å². The molecular weight excluding hydrogens is 288 g/mol. The van der Waals surface area contributed by atoms with Crippen LogP contribution in [0.3, 0.4) is 0 Å². The van der Waals surface area contributed by atoms with Crippen LogP contribution in [0.5, 0.6) is 0 Å². The van der Waals surface area contributed by atoms with Crippen LogP contribution in [0.25, 0.3) is 0 Å². The fraction of sp³-hybridized carbons (Fsp3) is 0.533. The van der Waals surface area contributed by atoms with Crippen molar-refractivity contribution in [2.24, 2.45) is 5.92 Å². The zero-order valence-electron chi connectivity index (χ0n) is 12.5. The topological polar surface area (TPSA) is 92.9 Å². The smallest absolute Gasteiger partial charge is 0.269 e. The van der Waals surface area contributed by atoms with Crippen molar-refractivity contribution in [1.29, 1.82) is 0 Å². The molecule has 1 aliphatic rings. The predicted octanol–water partition coefficient (Wildman–Crippen LogP) is 1.51. The second-order valence-electron chi connectivity index (χ2n) is 5.35. The number of nitro groups is 1. The van der Waals surface area contributed by atoms with Crippen molar-refractivity contribution in [3.8, 4) is 0 Å². The largest absolute Gasteiger partial charge is 0.381 e. The Labute approximate surface area is 128 Å². The van der Waals surface area contributed by atoms with E-state index in [-0.39, 0.29) is 17.2 Å². The average Bonchev–Trinajstić information content (AvgIpc) is 3.00. The first-order chi connectivity index (χ1) is 10.5. The van der Waals surface area contributed by atoms with Gasteiger partial charge in [-0.3, -0.25) is 14.9 Å². The third-order valence-electron chi connectivity index (χ3n) is 3.79. The Morgan fingerprint density at radius 1 is 1.59 bits per heavy atom. The molecule has 1 saturated heterocycles. The van der Waals surface area contributed by atoms with Gasteiger partial charge in [0.25, 0.3) is 11.6 Å². The van der Waals surface area contributed by atoms with Crippen molar-refractivity contribution in [3.05, 3.63) is 39.9 Å². The van der Waals surface area contributed by atoms with Gasteiger partial charge in [-0.2, -0.15) is 0 Å². The molecular formula is C15H20N2O5. The minimum Gasteiger partial charge on any atom is -0.381 e. The van der Waals surface area contributed by atoms with Crippen LogP contribution in [0.15, 0.2) is 24.3 Å². The average molecular weight is 308 g/mol. The number of likely N-dealkylation sites (tertiary alicyclic amines) is 1. The first-order valence-corrected chi connectivity index (χ1v) is 7.32. The summed E-state index contributed by atoms with van der Waals surface area (Å²) in [5.41, 5.74) is 0.104. The third kappa shape index (κ3) is 3.80. The summed E-state index contributed by atoms with van der Waals surface area (Å²) in [4.78, 5) is 24.1. The Hall–Kier alpha value is -1.99. The number of non-ortho nitro benzene ring substituents is 1. The molecule has 0 aromatic heterocycles. The number of hydrogen-bond donors (Lipinski definition) is 1. The number of nitro benzene ring substituents is 1. The molecule has 7 nitrogen and oxygen atoms in total. The lowest BCUT2D eigenvalue weighted by Gasteiger charge is -2.20. The summed E-state index contributed by atoms with van der Waals surface area (Å²) in [5.74, 6) is -0.138. The molecule has 2 unspecified atom stereocenters. The number of amides is 1. The van der Waals surface area contributed by atoms with Crippen LogP contribution in [0.1, 0.15) is 25.0 Å². The normalized spacial score (nSPS) is 19.2. The van der Waals surface area contributed by atoms with Crippen LogP contribution < -0.4 is 0 Å². The van der Waals surface area contributed by atoms with E-state index in [9.17, 15) is 20.0 Å². The van der Waals surface area contributed by atoms with Crippen molar-refractivity contribution in [2.75, 3.05) is 26.3 Å². The van der Waals surface area contributed by atoms with Crippen LogP contribution in [0.2, 0.25) is 0 Å². The number of carbonyl (C=O) groups is 1. The number of ether oxygens (including phenoxy) is 1. The number of benzene rings is 1. The van der Waals surface area contributed by atoms with E-state index in [0.29, 0.717) is 26.3 Å². The highest BCUT2D eigenvalue weighted by atomic mass is 16.6. The molecule has 7 heteroatoms. The van der Waals surface area contributed by atoms with Gasteiger partial charge in [0.2, 0.25) is 0 Å². The second kappa shape index (κ2) is 7.33. The summed E-state index contributed by atoms with van der Waals surface area (Å²) in [6.07, 6.45) is -0.529. The predicted molar refractivity (Wildman–Crippen MR) is 79.2 cm³/mol. The van der Waals surface area contributed by atoms with E-state index < -0.39 is 16.9 Å². The van der Waals surface area contributed by atoms with E-state index in [1.807, 2.05) is 6.92 Å². The number of nitrogens with zero attached hydrogens (tertiary/aromatic N) is 2. The molecule has 0 bridgehead atoms. The molecule has 1 heterocycles. The monoisotopic (exact) mass is 308 g/mol. The molecule has 2 atom stereocenters. The lowest BCUT2D eigenvalue weighted by molar-refractivity contribution is -0.385. The second-order valence-corrected chi connectivity index (χ2v) is 5.35. The van der Waals surface area contributed by atoms with Crippen molar-refractivity contribution >= 4 is 11.6 Å². The lowest BCUT2D eigenvalue weighted by atomic mass is 10.1. The minimum atomic E-state index is -1.37. The first-order valence-electron chi connectivity index (χ1n) is 7.32. The molecule has 0 radical (unpaired) electrons. The molecule has 0 spiro atoms. The summed E-state index contributed by atoms with van der Waals surface area (Å²) < 4.78 is 5.36. The lowest BCUT2D eigenvalue weighted by Crippen LogP contribution is -2.33. The van der Waals surface area contributed by atoms with Gasteiger partial charge in [-0.15, -0.1) is 0 Å². The maximum atomic E-state index is 12.3. The van der Waals surface area contributed by atoms with Gasteiger partial charge in [0.1, 0.15) is 0 Å². The summed E-state index contributed by atoms with van der Waals surface area (Å²) in [6.45, 7) is 4.28. The Morgan fingerprint density at radius 2 is 2.36 bits per heavy atom. The van der Waals surface area contributed by atoms with Crippen molar-refractivity contribution in [2.45, 2.75) is 19.4 Å². The fourth-order valence-corrected chi connectivity index (χ4v) is 2.58. The molecule has 1 N–H and O–H groups in total. The van der Waals surface area contributed by atoms with Gasteiger partial charge in [0.15, 0.2) is 6.10 Å². The van der Waals surface area contributed by atoms with Crippen molar-refractivity contribution in [3.63, 3.8) is 0 Å². The van der Waals surface area contributed by atoms with E-state index in [2.05, 4.69) is 0 Å². The van der Waals surface area contributed by atoms with Crippen LogP contribution in [-0.2, 0) is 9.53 Å². The van der Waals surface area contributed by atoms with Gasteiger partial charge in [-0.05, 0) is 18.9 Å². The highest BCUT2D eigenvalue weighted by Crippen LogP contribution is 2.24. The molecule has 1 fully saturated rings. The molecule has 120 valence electrons. The first kappa shape index (κ1) is 16.4. The van der Waals surface area contributed by atoms with Crippen LogP contribution in [-0.4, -0.2) is 47.1 Å². The molecule has 1 aromatic rings. The minimum absolute atomic E-state index is 0.139. The van der Waals surface area contributed by atoms with E-state index in [0.717, 1.165) is 6.42 Å². The molecule has 1 amide bonds. The number of rotatable bonds is 6. The van der Waals surface area contributed by atoms with Crippen LogP contribution in [0, 0.1) is 16.0 Å². The Kier molecular flexibility index (Phi) is 5.46. The van der Waals surface area contributed by atoms with Gasteiger partial charge in [-0.1, -0.05) is 12.1 Å².